The molecule has 1 aliphatic heterocycles. The molecule has 1 aliphatic rings. The van der Waals surface area contributed by atoms with Gasteiger partial charge >= 0.3 is 0 Å². The van der Waals surface area contributed by atoms with E-state index in [0.717, 1.165) is 48.2 Å². The highest BCUT2D eigenvalue weighted by atomic mass is 79.9. The molecule has 0 unspecified atom stereocenters. The van der Waals surface area contributed by atoms with Gasteiger partial charge in [0.2, 0.25) is 5.91 Å². The Morgan fingerprint density at radius 3 is 2.50 bits per heavy atom. The monoisotopic (exact) mass is 439 g/mol. The van der Waals surface area contributed by atoms with Gasteiger partial charge in [0, 0.05) is 16.9 Å². The van der Waals surface area contributed by atoms with Gasteiger partial charge in [-0.3, -0.25) is 9.69 Å². The molecule has 0 atom stereocenters. The first kappa shape index (κ1) is 20.5. The highest BCUT2D eigenvalue weighted by molar-refractivity contribution is 9.10. The predicted octanol–water partition coefficient (Wildman–Crippen LogP) is 4.87. The maximum atomic E-state index is 12.4. The van der Waals surface area contributed by atoms with Crippen LogP contribution in [0.3, 0.4) is 0 Å². The van der Waals surface area contributed by atoms with Crippen LogP contribution in [0.4, 0.5) is 0 Å². The molecule has 4 nitrogen and oxygen atoms in total. The zero-order valence-electron chi connectivity index (χ0n) is 16.1. The standard InChI is InChI=1S/C23H26BrN3O/c1-18(7-8-19-5-3-2-4-6-19)25-26-23(28)21-13-15-27(16-14-21)17-20-9-11-22(24)12-10-20/h2-12,21H,13-17H2,1H3,(H,26,28)/b8-7+,25-18-. The van der Waals surface area contributed by atoms with E-state index in [-0.39, 0.29) is 11.8 Å². The van der Waals surface area contributed by atoms with E-state index in [2.05, 4.69) is 55.6 Å². The average Bonchev–Trinajstić information content (AvgIpc) is 2.73. The largest absolute Gasteiger partial charge is 0.299 e. The number of rotatable bonds is 6. The summed E-state index contributed by atoms with van der Waals surface area (Å²) in [6, 6.07) is 18.5. The Kier molecular flexibility index (Phi) is 7.57. The lowest BCUT2D eigenvalue weighted by Crippen LogP contribution is -2.39. The van der Waals surface area contributed by atoms with Crippen LogP contribution >= 0.6 is 15.9 Å². The van der Waals surface area contributed by atoms with Crippen LogP contribution in [0.25, 0.3) is 6.08 Å². The van der Waals surface area contributed by atoms with Crippen LogP contribution < -0.4 is 5.43 Å². The van der Waals surface area contributed by atoms with E-state index in [1.165, 1.54) is 5.56 Å². The molecule has 0 spiro atoms. The molecule has 0 aliphatic carbocycles. The highest BCUT2D eigenvalue weighted by Gasteiger charge is 2.24. The first-order valence-corrected chi connectivity index (χ1v) is 10.4. The average molecular weight is 440 g/mol. The van der Waals surface area contributed by atoms with Crippen molar-refractivity contribution in [3.05, 3.63) is 76.3 Å². The van der Waals surface area contributed by atoms with Crippen molar-refractivity contribution in [1.82, 2.24) is 10.3 Å². The molecule has 3 rings (SSSR count). The van der Waals surface area contributed by atoms with E-state index in [0.29, 0.717) is 0 Å². The van der Waals surface area contributed by atoms with E-state index in [9.17, 15) is 4.79 Å². The molecule has 1 fully saturated rings. The quantitative estimate of drug-likeness (QED) is 0.515. The molecule has 1 amide bonds. The zero-order chi connectivity index (χ0) is 19.8. The summed E-state index contributed by atoms with van der Waals surface area (Å²) in [5.41, 5.74) is 5.93. The summed E-state index contributed by atoms with van der Waals surface area (Å²) in [7, 11) is 0. The van der Waals surface area contributed by atoms with E-state index in [1.54, 1.807) is 0 Å². The lowest BCUT2D eigenvalue weighted by atomic mass is 9.96. The maximum Gasteiger partial charge on any atom is 0.243 e. The molecule has 0 saturated carbocycles. The Morgan fingerprint density at radius 2 is 1.82 bits per heavy atom. The highest BCUT2D eigenvalue weighted by Crippen LogP contribution is 2.20. The summed E-state index contributed by atoms with van der Waals surface area (Å²) >= 11 is 3.47. The normalized spacial score (nSPS) is 16.4. The minimum Gasteiger partial charge on any atom is -0.299 e. The Hall–Kier alpha value is -2.24. The van der Waals surface area contributed by atoms with Crippen molar-refractivity contribution in [2.75, 3.05) is 13.1 Å². The van der Waals surface area contributed by atoms with Gasteiger partial charge in [-0.1, -0.05) is 64.5 Å². The molecule has 0 radical (unpaired) electrons. The second-order valence-corrected chi connectivity index (χ2v) is 8.07. The van der Waals surface area contributed by atoms with Crippen molar-refractivity contribution < 1.29 is 4.79 Å². The smallest absolute Gasteiger partial charge is 0.243 e. The molecule has 1 heterocycles. The van der Waals surface area contributed by atoms with Crippen molar-refractivity contribution in [3.8, 4) is 0 Å². The Labute approximate surface area is 175 Å². The van der Waals surface area contributed by atoms with Crippen molar-refractivity contribution >= 4 is 33.6 Å². The minimum atomic E-state index is 0.0238. The number of piperidine rings is 1. The third-order valence-electron chi connectivity index (χ3n) is 4.94. The topological polar surface area (TPSA) is 44.7 Å². The summed E-state index contributed by atoms with van der Waals surface area (Å²) in [5, 5.41) is 4.22. The molecule has 0 bridgehead atoms. The second-order valence-electron chi connectivity index (χ2n) is 7.15. The number of hydrazone groups is 1. The van der Waals surface area contributed by atoms with E-state index in [4.69, 9.17) is 0 Å². The fourth-order valence-electron chi connectivity index (χ4n) is 3.25. The molecule has 0 aromatic heterocycles. The Bertz CT molecular complexity index is 823. The van der Waals surface area contributed by atoms with Crippen LogP contribution in [-0.4, -0.2) is 29.6 Å². The first-order valence-electron chi connectivity index (χ1n) is 9.64. The summed E-state index contributed by atoms with van der Waals surface area (Å²) in [4.78, 5) is 14.8. The van der Waals surface area contributed by atoms with Crippen LogP contribution in [-0.2, 0) is 11.3 Å². The van der Waals surface area contributed by atoms with Crippen molar-refractivity contribution in [3.63, 3.8) is 0 Å². The van der Waals surface area contributed by atoms with Gasteiger partial charge in [0.1, 0.15) is 0 Å². The number of carbonyl (C=O) groups excluding carboxylic acids is 1. The Morgan fingerprint density at radius 1 is 1.14 bits per heavy atom. The minimum absolute atomic E-state index is 0.0238. The van der Waals surface area contributed by atoms with Crippen LogP contribution in [0, 0.1) is 5.92 Å². The molecule has 2 aromatic rings. The van der Waals surface area contributed by atoms with Crippen molar-refractivity contribution in [2.24, 2.45) is 11.0 Å². The summed E-state index contributed by atoms with van der Waals surface area (Å²) in [5.74, 6) is 0.0616. The van der Waals surface area contributed by atoms with Crippen LogP contribution in [0.2, 0.25) is 0 Å². The number of likely N-dealkylation sites (tertiary alicyclic amines) is 1. The summed E-state index contributed by atoms with van der Waals surface area (Å²) in [6.45, 7) is 4.69. The fraction of sp³-hybridized carbons (Fsp3) is 0.304. The molecule has 1 saturated heterocycles. The molecule has 2 aromatic carbocycles. The van der Waals surface area contributed by atoms with Gasteiger partial charge in [-0.25, -0.2) is 5.43 Å². The number of benzene rings is 2. The molecule has 1 N–H and O–H groups in total. The van der Waals surface area contributed by atoms with E-state index >= 15 is 0 Å². The number of halogens is 1. The van der Waals surface area contributed by atoms with Crippen LogP contribution in [0.5, 0.6) is 0 Å². The number of nitrogens with zero attached hydrogens (tertiary/aromatic N) is 2. The Balaban J connectivity index is 1.43. The lowest BCUT2D eigenvalue weighted by molar-refractivity contribution is -0.126. The molecule has 146 valence electrons. The van der Waals surface area contributed by atoms with Gasteiger partial charge in [0.05, 0.1) is 5.71 Å². The van der Waals surface area contributed by atoms with E-state index < -0.39 is 0 Å². The molecular formula is C23H26BrN3O. The van der Waals surface area contributed by atoms with Crippen LogP contribution in [0.15, 0.2) is 70.2 Å². The first-order chi connectivity index (χ1) is 13.6. The molecular weight excluding hydrogens is 414 g/mol. The van der Waals surface area contributed by atoms with Gasteiger partial charge < -0.3 is 0 Å². The summed E-state index contributed by atoms with van der Waals surface area (Å²) < 4.78 is 1.10. The number of carbonyl (C=O) groups is 1. The summed E-state index contributed by atoms with van der Waals surface area (Å²) in [6.07, 6.45) is 5.65. The lowest BCUT2D eigenvalue weighted by Gasteiger charge is -2.30. The van der Waals surface area contributed by atoms with E-state index in [1.807, 2.05) is 49.4 Å². The van der Waals surface area contributed by atoms with Gasteiger partial charge in [-0.2, -0.15) is 5.10 Å². The number of hydrogen-bond acceptors (Lipinski definition) is 3. The fourth-order valence-corrected chi connectivity index (χ4v) is 3.52. The number of amides is 1. The molecule has 5 heteroatoms. The number of hydrogen-bond donors (Lipinski definition) is 1. The predicted molar refractivity (Wildman–Crippen MR) is 119 cm³/mol. The molecule has 28 heavy (non-hydrogen) atoms. The third-order valence-corrected chi connectivity index (χ3v) is 5.47. The third kappa shape index (κ3) is 6.43. The van der Waals surface area contributed by atoms with Crippen molar-refractivity contribution in [1.29, 1.82) is 0 Å². The maximum absolute atomic E-state index is 12.4. The van der Waals surface area contributed by atoms with Crippen molar-refractivity contribution in [2.45, 2.75) is 26.3 Å². The van der Waals surface area contributed by atoms with Crippen LogP contribution in [0.1, 0.15) is 30.9 Å². The number of allylic oxidation sites excluding steroid dienone is 1. The van der Waals surface area contributed by atoms with Gasteiger partial charge in [0.15, 0.2) is 0 Å². The second kappa shape index (κ2) is 10.3. The van der Waals surface area contributed by atoms with Gasteiger partial charge in [0.25, 0.3) is 0 Å². The SMILES string of the molecule is CC(/C=C/c1ccccc1)=N/NC(=O)C1CCN(Cc2ccc(Br)cc2)CC1. The van der Waals surface area contributed by atoms with Gasteiger partial charge in [-0.15, -0.1) is 0 Å². The van der Waals surface area contributed by atoms with Gasteiger partial charge in [-0.05, 0) is 62.2 Å². The number of nitrogens with one attached hydrogen (secondary N) is 1. The zero-order valence-corrected chi connectivity index (χ0v) is 17.7.